The van der Waals surface area contributed by atoms with Crippen LogP contribution in [0.2, 0.25) is 0 Å². The fraction of sp³-hybridized carbons (Fsp3) is 0.417. The Morgan fingerprint density at radius 1 is 1.47 bits per heavy atom. The van der Waals surface area contributed by atoms with E-state index in [0.717, 1.165) is 12.0 Å². The second kappa shape index (κ2) is 3.93. The van der Waals surface area contributed by atoms with Crippen LogP contribution in [0.3, 0.4) is 0 Å². The predicted molar refractivity (Wildman–Crippen MR) is 61.1 cm³/mol. The maximum atomic E-state index is 10.8. The standard InChI is InChI=1S/C12H17NO2/c1-4-12(2,3)9-7-8(11(14)15)5-6-10(9)13/h5-7H,4,13H2,1-3H3,(H,14,15). The third-order valence-corrected chi connectivity index (χ3v) is 2.91. The zero-order valence-electron chi connectivity index (χ0n) is 9.37. The molecular formula is C12H17NO2. The van der Waals surface area contributed by atoms with Crippen LogP contribution < -0.4 is 5.73 Å². The smallest absolute Gasteiger partial charge is 0.335 e. The average molecular weight is 207 g/mol. The number of aromatic carboxylic acids is 1. The average Bonchev–Trinajstić information content (AvgIpc) is 2.17. The third kappa shape index (κ3) is 2.29. The highest BCUT2D eigenvalue weighted by Crippen LogP contribution is 2.31. The van der Waals surface area contributed by atoms with Gasteiger partial charge in [-0.15, -0.1) is 0 Å². The van der Waals surface area contributed by atoms with Gasteiger partial charge in [0.1, 0.15) is 0 Å². The van der Waals surface area contributed by atoms with Gasteiger partial charge in [0.2, 0.25) is 0 Å². The molecule has 0 bridgehead atoms. The van der Waals surface area contributed by atoms with E-state index in [9.17, 15) is 4.79 Å². The van der Waals surface area contributed by atoms with Gasteiger partial charge in [-0.1, -0.05) is 20.8 Å². The van der Waals surface area contributed by atoms with Crippen LogP contribution in [-0.2, 0) is 5.41 Å². The number of carbonyl (C=O) groups is 1. The summed E-state index contributed by atoms with van der Waals surface area (Å²) in [6.07, 6.45) is 0.917. The number of nitrogen functional groups attached to an aromatic ring is 1. The van der Waals surface area contributed by atoms with Crippen molar-refractivity contribution in [3.05, 3.63) is 29.3 Å². The summed E-state index contributed by atoms with van der Waals surface area (Å²) < 4.78 is 0. The fourth-order valence-electron chi connectivity index (χ4n) is 1.47. The number of hydrogen-bond donors (Lipinski definition) is 2. The number of benzene rings is 1. The van der Waals surface area contributed by atoms with Gasteiger partial charge in [0, 0.05) is 5.69 Å². The quantitative estimate of drug-likeness (QED) is 0.749. The van der Waals surface area contributed by atoms with Crippen LogP contribution in [0, 0.1) is 0 Å². The summed E-state index contributed by atoms with van der Waals surface area (Å²) in [5.74, 6) is -0.914. The Kier molecular flexibility index (Phi) is 3.03. The maximum Gasteiger partial charge on any atom is 0.335 e. The van der Waals surface area contributed by atoms with E-state index < -0.39 is 5.97 Å². The van der Waals surface area contributed by atoms with Gasteiger partial charge >= 0.3 is 5.97 Å². The Labute approximate surface area is 89.9 Å². The Morgan fingerprint density at radius 2 is 2.07 bits per heavy atom. The van der Waals surface area contributed by atoms with E-state index in [1.54, 1.807) is 12.1 Å². The van der Waals surface area contributed by atoms with Crippen LogP contribution in [0.4, 0.5) is 5.69 Å². The fourth-order valence-corrected chi connectivity index (χ4v) is 1.47. The first kappa shape index (κ1) is 11.6. The van der Waals surface area contributed by atoms with Crippen molar-refractivity contribution in [1.29, 1.82) is 0 Å². The van der Waals surface area contributed by atoms with Gasteiger partial charge in [-0.3, -0.25) is 0 Å². The number of nitrogens with two attached hydrogens (primary N) is 1. The zero-order valence-corrected chi connectivity index (χ0v) is 9.37. The van der Waals surface area contributed by atoms with E-state index >= 15 is 0 Å². The van der Waals surface area contributed by atoms with Crippen LogP contribution in [-0.4, -0.2) is 11.1 Å². The summed E-state index contributed by atoms with van der Waals surface area (Å²) in [7, 11) is 0. The van der Waals surface area contributed by atoms with Crippen molar-refractivity contribution >= 4 is 11.7 Å². The minimum Gasteiger partial charge on any atom is -0.478 e. The van der Waals surface area contributed by atoms with E-state index in [2.05, 4.69) is 20.8 Å². The van der Waals surface area contributed by atoms with Crippen LogP contribution in [0.25, 0.3) is 0 Å². The van der Waals surface area contributed by atoms with Crippen LogP contribution in [0.15, 0.2) is 18.2 Å². The van der Waals surface area contributed by atoms with Gasteiger partial charge < -0.3 is 10.8 Å². The zero-order chi connectivity index (χ0) is 11.6. The van der Waals surface area contributed by atoms with E-state index in [-0.39, 0.29) is 5.41 Å². The number of rotatable bonds is 3. The third-order valence-electron chi connectivity index (χ3n) is 2.91. The molecule has 3 N–H and O–H groups in total. The molecule has 1 aromatic rings. The number of carboxylic acids is 1. The van der Waals surface area contributed by atoms with Gasteiger partial charge in [-0.05, 0) is 35.6 Å². The van der Waals surface area contributed by atoms with Crippen molar-refractivity contribution in [3.8, 4) is 0 Å². The highest BCUT2D eigenvalue weighted by molar-refractivity contribution is 5.88. The SMILES string of the molecule is CCC(C)(C)c1cc(C(=O)O)ccc1N. The molecule has 1 aromatic carbocycles. The summed E-state index contributed by atoms with van der Waals surface area (Å²) in [6.45, 7) is 6.18. The maximum absolute atomic E-state index is 10.8. The summed E-state index contributed by atoms with van der Waals surface area (Å²) in [4.78, 5) is 10.8. The summed E-state index contributed by atoms with van der Waals surface area (Å²) in [5.41, 5.74) is 7.63. The lowest BCUT2D eigenvalue weighted by Gasteiger charge is -2.25. The number of carboxylic acid groups (broad SMARTS) is 1. The van der Waals surface area contributed by atoms with Crippen molar-refractivity contribution in [2.75, 3.05) is 5.73 Å². The molecule has 0 heterocycles. The van der Waals surface area contributed by atoms with Crippen LogP contribution in [0.5, 0.6) is 0 Å². The topological polar surface area (TPSA) is 63.3 Å². The van der Waals surface area contributed by atoms with Crippen molar-refractivity contribution in [3.63, 3.8) is 0 Å². The number of anilines is 1. The van der Waals surface area contributed by atoms with Crippen LogP contribution in [0.1, 0.15) is 43.1 Å². The molecule has 1 rings (SSSR count). The Morgan fingerprint density at radius 3 is 2.53 bits per heavy atom. The molecule has 0 atom stereocenters. The monoisotopic (exact) mass is 207 g/mol. The van der Waals surface area contributed by atoms with E-state index in [4.69, 9.17) is 10.8 Å². The first-order valence-electron chi connectivity index (χ1n) is 5.02. The molecule has 0 aromatic heterocycles. The summed E-state index contributed by atoms with van der Waals surface area (Å²) in [6, 6.07) is 4.87. The summed E-state index contributed by atoms with van der Waals surface area (Å²) >= 11 is 0. The lowest BCUT2D eigenvalue weighted by molar-refractivity contribution is 0.0696. The van der Waals surface area contributed by atoms with Gasteiger partial charge in [0.25, 0.3) is 0 Å². The van der Waals surface area contributed by atoms with Gasteiger partial charge in [-0.25, -0.2) is 4.79 Å². The van der Waals surface area contributed by atoms with Gasteiger partial charge in [0.05, 0.1) is 5.56 Å². The Balaban J connectivity index is 3.28. The molecule has 0 aliphatic heterocycles. The molecule has 3 nitrogen and oxygen atoms in total. The largest absolute Gasteiger partial charge is 0.478 e. The molecule has 0 fully saturated rings. The molecule has 0 spiro atoms. The molecule has 0 saturated heterocycles. The molecule has 0 radical (unpaired) electrons. The van der Waals surface area contributed by atoms with E-state index in [1.807, 2.05) is 0 Å². The highest BCUT2D eigenvalue weighted by Gasteiger charge is 2.21. The molecule has 15 heavy (non-hydrogen) atoms. The van der Waals surface area contributed by atoms with Crippen molar-refractivity contribution < 1.29 is 9.90 Å². The van der Waals surface area contributed by atoms with Gasteiger partial charge in [0.15, 0.2) is 0 Å². The minimum atomic E-state index is -0.914. The second-order valence-corrected chi connectivity index (χ2v) is 4.34. The second-order valence-electron chi connectivity index (χ2n) is 4.34. The number of hydrogen-bond acceptors (Lipinski definition) is 2. The highest BCUT2D eigenvalue weighted by atomic mass is 16.4. The molecule has 0 unspecified atom stereocenters. The normalized spacial score (nSPS) is 11.4. The Bertz CT molecular complexity index is 383. The molecule has 82 valence electrons. The van der Waals surface area contributed by atoms with E-state index in [1.165, 1.54) is 6.07 Å². The minimum absolute atomic E-state index is 0.0878. The lowest BCUT2D eigenvalue weighted by atomic mass is 9.80. The molecule has 0 saturated carbocycles. The lowest BCUT2D eigenvalue weighted by Crippen LogP contribution is -2.18. The van der Waals surface area contributed by atoms with Crippen molar-refractivity contribution in [1.82, 2.24) is 0 Å². The molecule has 0 aliphatic carbocycles. The Hall–Kier alpha value is -1.51. The van der Waals surface area contributed by atoms with Gasteiger partial charge in [-0.2, -0.15) is 0 Å². The van der Waals surface area contributed by atoms with Crippen molar-refractivity contribution in [2.24, 2.45) is 0 Å². The van der Waals surface area contributed by atoms with Crippen LogP contribution >= 0.6 is 0 Å². The molecule has 0 aliphatic rings. The summed E-state index contributed by atoms with van der Waals surface area (Å²) in [5, 5.41) is 8.90. The first-order chi connectivity index (χ1) is 6.88. The molecule has 3 heteroatoms. The molecule has 0 amide bonds. The van der Waals surface area contributed by atoms with E-state index in [0.29, 0.717) is 11.3 Å². The van der Waals surface area contributed by atoms with Crippen molar-refractivity contribution in [2.45, 2.75) is 32.6 Å². The first-order valence-corrected chi connectivity index (χ1v) is 5.02. The predicted octanol–water partition coefficient (Wildman–Crippen LogP) is 2.65. The molecular weight excluding hydrogens is 190 g/mol.